The van der Waals surface area contributed by atoms with E-state index in [4.69, 9.17) is 10.7 Å². The van der Waals surface area contributed by atoms with Crippen molar-refractivity contribution in [1.29, 1.82) is 0 Å². The second kappa shape index (κ2) is 10.5. The average Bonchev–Trinajstić information content (AvgIpc) is 3.30. The van der Waals surface area contributed by atoms with Crippen molar-refractivity contribution in [3.05, 3.63) is 78.3 Å². The fraction of sp³-hybridized carbons (Fsp3) is 0.179. The van der Waals surface area contributed by atoms with Crippen LogP contribution in [0.25, 0.3) is 22.3 Å². The highest BCUT2D eigenvalue weighted by molar-refractivity contribution is 6.04. The number of pyridine rings is 1. The number of nitrogens with zero attached hydrogens (tertiary/aromatic N) is 4. The van der Waals surface area contributed by atoms with Gasteiger partial charge >= 0.3 is 0 Å². The molecular formula is C28H24FN7O2. The zero-order valence-electron chi connectivity index (χ0n) is 20.5. The lowest BCUT2D eigenvalue weighted by Gasteiger charge is -2.21. The number of anilines is 2. The second-order valence-electron chi connectivity index (χ2n) is 8.73. The van der Waals surface area contributed by atoms with Crippen LogP contribution in [0.5, 0.6) is 0 Å². The summed E-state index contributed by atoms with van der Waals surface area (Å²) < 4.78 is 17.2. The maximum Gasteiger partial charge on any atom is 0.296 e. The number of amides is 2. The first kappa shape index (κ1) is 24.6. The molecule has 1 aromatic carbocycles. The molecule has 0 radical (unpaired) electrons. The van der Waals surface area contributed by atoms with Crippen molar-refractivity contribution in [3.63, 3.8) is 0 Å². The van der Waals surface area contributed by atoms with Gasteiger partial charge in [0.15, 0.2) is 0 Å². The van der Waals surface area contributed by atoms with Crippen molar-refractivity contribution in [2.24, 2.45) is 0 Å². The predicted molar refractivity (Wildman–Crippen MR) is 142 cm³/mol. The van der Waals surface area contributed by atoms with Crippen LogP contribution >= 0.6 is 0 Å². The molecule has 0 aliphatic heterocycles. The summed E-state index contributed by atoms with van der Waals surface area (Å²) in [4.78, 5) is 37.4. The van der Waals surface area contributed by atoms with E-state index in [9.17, 15) is 9.59 Å². The van der Waals surface area contributed by atoms with Crippen molar-refractivity contribution in [1.82, 2.24) is 24.7 Å². The van der Waals surface area contributed by atoms with Crippen LogP contribution in [0.15, 0.2) is 61.1 Å². The zero-order valence-corrected chi connectivity index (χ0v) is 20.5. The molecule has 0 bridgehead atoms. The van der Waals surface area contributed by atoms with Gasteiger partial charge in [-0.3, -0.25) is 14.0 Å². The fourth-order valence-corrected chi connectivity index (χ4v) is 4.46. The Hall–Kier alpha value is -5.04. The number of imidazole rings is 1. The van der Waals surface area contributed by atoms with Gasteiger partial charge in [0.05, 0.1) is 0 Å². The van der Waals surface area contributed by atoms with Gasteiger partial charge in [0.1, 0.15) is 34.5 Å². The third kappa shape index (κ3) is 4.95. The van der Waals surface area contributed by atoms with Crippen LogP contribution < -0.4 is 16.4 Å². The molecule has 4 N–H and O–H groups in total. The molecule has 1 aliphatic rings. The number of carbonyl (C=O) groups is 2. The lowest BCUT2D eigenvalue weighted by atomic mass is 9.94. The van der Waals surface area contributed by atoms with Gasteiger partial charge in [-0.05, 0) is 68.0 Å². The van der Waals surface area contributed by atoms with Gasteiger partial charge in [-0.1, -0.05) is 18.1 Å². The second-order valence-corrected chi connectivity index (χ2v) is 8.73. The molecule has 3 aromatic heterocycles. The minimum absolute atomic E-state index is 0.0215. The summed E-state index contributed by atoms with van der Waals surface area (Å²) in [6.45, 7) is 1.62. The number of nitrogens with two attached hydrogens (primary N) is 1. The number of fused-ring (bicyclic) bond motifs is 1. The van der Waals surface area contributed by atoms with Crippen molar-refractivity contribution < 1.29 is 14.0 Å². The van der Waals surface area contributed by atoms with Crippen molar-refractivity contribution in [3.8, 4) is 23.1 Å². The van der Waals surface area contributed by atoms with E-state index in [0.29, 0.717) is 42.1 Å². The zero-order chi connectivity index (χ0) is 26.6. The molecule has 0 saturated carbocycles. The topological polar surface area (TPSA) is 127 Å². The van der Waals surface area contributed by atoms with Gasteiger partial charge in [0.25, 0.3) is 11.8 Å². The summed E-state index contributed by atoms with van der Waals surface area (Å²) in [6, 6.07) is 9.30. The Morgan fingerprint density at radius 1 is 1.18 bits per heavy atom. The number of nitrogens with one attached hydrogen (secondary N) is 2. The van der Waals surface area contributed by atoms with Crippen molar-refractivity contribution in [2.75, 3.05) is 11.1 Å². The summed E-state index contributed by atoms with van der Waals surface area (Å²) in [6.07, 6.45) is 8.85. The molecule has 1 aliphatic carbocycles. The van der Waals surface area contributed by atoms with Crippen LogP contribution in [-0.2, 0) is 4.79 Å². The van der Waals surface area contributed by atoms with Crippen LogP contribution in [0, 0.1) is 17.7 Å². The molecule has 38 heavy (non-hydrogen) atoms. The minimum Gasteiger partial charge on any atom is -0.382 e. The molecule has 0 fully saturated rings. The molecule has 10 heteroatoms. The van der Waals surface area contributed by atoms with Gasteiger partial charge in [0, 0.05) is 35.8 Å². The number of nitrogen functional groups attached to an aromatic ring is 1. The molecule has 4 aromatic rings. The van der Waals surface area contributed by atoms with E-state index >= 15 is 4.39 Å². The van der Waals surface area contributed by atoms with E-state index in [-0.39, 0.29) is 28.9 Å². The predicted octanol–water partition coefficient (Wildman–Crippen LogP) is 3.84. The van der Waals surface area contributed by atoms with Gasteiger partial charge in [-0.2, -0.15) is 0 Å². The molecular weight excluding hydrogens is 485 g/mol. The number of hydrogen-bond donors (Lipinski definition) is 3. The van der Waals surface area contributed by atoms with E-state index < -0.39 is 11.7 Å². The number of halogens is 1. The Morgan fingerprint density at radius 2 is 2.05 bits per heavy atom. The minimum atomic E-state index is -0.620. The monoisotopic (exact) mass is 509 g/mol. The highest BCUT2D eigenvalue weighted by atomic mass is 19.1. The third-order valence-electron chi connectivity index (χ3n) is 6.25. The number of aromatic nitrogens is 4. The van der Waals surface area contributed by atoms with E-state index in [1.165, 1.54) is 12.1 Å². The highest BCUT2D eigenvalue weighted by Crippen LogP contribution is 2.35. The Labute approximate surface area is 218 Å². The number of carbonyl (C=O) groups excluding carboxylic acids is 2. The summed E-state index contributed by atoms with van der Waals surface area (Å²) >= 11 is 0. The first-order valence-corrected chi connectivity index (χ1v) is 12.0. The van der Waals surface area contributed by atoms with Crippen LogP contribution in [-0.4, -0.2) is 37.2 Å². The normalized spacial score (nSPS) is 14.8. The van der Waals surface area contributed by atoms with Crippen LogP contribution in [0.2, 0.25) is 0 Å². The summed E-state index contributed by atoms with van der Waals surface area (Å²) in [5.41, 5.74) is 8.31. The molecule has 190 valence electrons. The highest BCUT2D eigenvalue weighted by Gasteiger charge is 2.24. The smallest absolute Gasteiger partial charge is 0.296 e. The van der Waals surface area contributed by atoms with Gasteiger partial charge in [0.2, 0.25) is 0 Å². The molecule has 5 rings (SSSR count). The summed E-state index contributed by atoms with van der Waals surface area (Å²) in [5.74, 6) is 4.89. The summed E-state index contributed by atoms with van der Waals surface area (Å²) in [7, 11) is 0. The van der Waals surface area contributed by atoms with E-state index in [1.807, 2.05) is 6.08 Å². The molecule has 2 amide bonds. The first-order chi connectivity index (χ1) is 18.4. The van der Waals surface area contributed by atoms with E-state index in [1.54, 1.807) is 48.1 Å². The summed E-state index contributed by atoms with van der Waals surface area (Å²) in [5, 5.41) is 5.55. The molecule has 0 spiro atoms. The van der Waals surface area contributed by atoms with Gasteiger partial charge in [-0.15, -0.1) is 0 Å². The Bertz CT molecular complexity index is 1630. The van der Waals surface area contributed by atoms with Crippen LogP contribution in [0.1, 0.15) is 42.4 Å². The lowest BCUT2D eigenvalue weighted by Crippen LogP contribution is -2.34. The number of rotatable bonds is 5. The van der Waals surface area contributed by atoms with Crippen molar-refractivity contribution in [2.45, 2.75) is 32.2 Å². The molecule has 9 nitrogen and oxygen atoms in total. The number of benzene rings is 1. The van der Waals surface area contributed by atoms with E-state index in [2.05, 4.69) is 32.4 Å². The van der Waals surface area contributed by atoms with Crippen molar-refractivity contribution >= 4 is 34.5 Å². The standard InChI is InChI=1S/C28H24FN7O2/c1-2-5-23(37)33-19-10-7-17(8-11-19)27-35-24(25-26(30)32-14-15-36(25)27)20-12-9-18(16-21(20)29)28(38)34-22-6-3-4-13-31-22/h3-4,6-7,9,12-16,19H,8,10-11H2,1H3,(H2,30,32)(H,33,37)(H,31,34,38). The maximum absolute atomic E-state index is 15.4. The average molecular weight is 510 g/mol. The Morgan fingerprint density at radius 3 is 2.76 bits per heavy atom. The van der Waals surface area contributed by atoms with E-state index in [0.717, 1.165) is 11.6 Å². The third-order valence-corrected chi connectivity index (χ3v) is 6.25. The number of hydrogen-bond acceptors (Lipinski definition) is 6. The fourth-order valence-electron chi connectivity index (χ4n) is 4.46. The molecule has 1 atom stereocenters. The largest absolute Gasteiger partial charge is 0.382 e. The SMILES string of the molecule is CC#CC(=O)NC1CC=C(c2nc(-c3ccc(C(=O)Nc4ccccn4)cc3F)c3c(N)nccn23)CC1. The number of allylic oxidation sites excluding steroid dienone is 1. The Balaban J connectivity index is 1.46. The quantitative estimate of drug-likeness (QED) is 0.351. The lowest BCUT2D eigenvalue weighted by molar-refractivity contribution is -0.116. The van der Waals surface area contributed by atoms with Gasteiger partial charge < -0.3 is 16.4 Å². The maximum atomic E-state index is 15.4. The Kier molecular flexibility index (Phi) is 6.82. The molecule has 0 saturated heterocycles. The first-order valence-electron chi connectivity index (χ1n) is 12.0. The molecule has 1 unspecified atom stereocenters. The van der Waals surface area contributed by atoms with Gasteiger partial charge in [-0.25, -0.2) is 19.3 Å². The molecule has 3 heterocycles. The van der Waals surface area contributed by atoms with Crippen LogP contribution in [0.4, 0.5) is 16.0 Å². The van der Waals surface area contributed by atoms with Crippen LogP contribution in [0.3, 0.4) is 0 Å².